The van der Waals surface area contributed by atoms with Crippen molar-refractivity contribution in [2.45, 2.75) is 37.9 Å². The lowest BCUT2D eigenvalue weighted by atomic mass is 9.86. The Kier molecular flexibility index (Phi) is 3.83. The molecule has 0 saturated carbocycles. The molecule has 110 valence electrons. The summed E-state index contributed by atoms with van der Waals surface area (Å²) in [7, 11) is 0. The van der Waals surface area contributed by atoms with E-state index in [4.69, 9.17) is 5.26 Å². The average molecular weight is 285 g/mol. The van der Waals surface area contributed by atoms with E-state index in [-0.39, 0.29) is 19.5 Å². The van der Waals surface area contributed by atoms with Gasteiger partial charge in [-0.25, -0.2) is 0 Å². The second-order valence-corrected chi connectivity index (χ2v) is 5.83. The van der Waals surface area contributed by atoms with E-state index >= 15 is 0 Å². The third-order valence-electron chi connectivity index (χ3n) is 3.78. The molecule has 1 aromatic rings. The van der Waals surface area contributed by atoms with E-state index in [0.717, 1.165) is 5.56 Å². The number of rotatable bonds is 4. The molecule has 0 atom stereocenters. The fourth-order valence-corrected chi connectivity index (χ4v) is 2.71. The van der Waals surface area contributed by atoms with Crippen molar-refractivity contribution < 1.29 is 13.2 Å². The molecule has 1 fully saturated rings. The highest BCUT2D eigenvalue weighted by Gasteiger charge is 2.47. The van der Waals surface area contributed by atoms with Gasteiger partial charge < -0.3 is 4.57 Å². The molecule has 0 aromatic carbocycles. The molecule has 0 amide bonds. The van der Waals surface area contributed by atoms with Gasteiger partial charge in [0, 0.05) is 25.5 Å². The number of halogens is 3. The van der Waals surface area contributed by atoms with Crippen molar-refractivity contribution in [3.05, 3.63) is 24.0 Å². The van der Waals surface area contributed by atoms with E-state index in [9.17, 15) is 13.2 Å². The van der Waals surface area contributed by atoms with Crippen LogP contribution in [0, 0.1) is 11.3 Å². The highest BCUT2D eigenvalue weighted by Crippen LogP contribution is 2.35. The van der Waals surface area contributed by atoms with Gasteiger partial charge in [0.1, 0.15) is 0 Å². The lowest BCUT2D eigenvalue weighted by molar-refractivity contribution is -0.166. The highest BCUT2D eigenvalue weighted by molar-refractivity contribution is 5.19. The Morgan fingerprint density at radius 2 is 2.05 bits per heavy atom. The van der Waals surface area contributed by atoms with Crippen LogP contribution in [0.25, 0.3) is 0 Å². The van der Waals surface area contributed by atoms with Crippen LogP contribution in [0.5, 0.6) is 0 Å². The zero-order valence-electron chi connectivity index (χ0n) is 11.6. The maximum Gasteiger partial charge on any atom is 0.401 e. The van der Waals surface area contributed by atoms with Crippen molar-refractivity contribution in [2.75, 3.05) is 19.6 Å². The van der Waals surface area contributed by atoms with Crippen LogP contribution in [0.4, 0.5) is 13.2 Å². The molecule has 20 heavy (non-hydrogen) atoms. The fraction of sp³-hybridized carbons (Fsp3) is 0.643. The minimum Gasteiger partial charge on any atom is -0.344 e. The Morgan fingerprint density at radius 1 is 1.40 bits per heavy atom. The molecule has 0 unspecified atom stereocenters. The minimum atomic E-state index is -4.18. The second kappa shape index (κ2) is 5.13. The van der Waals surface area contributed by atoms with Crippen molar-refractivity contribution in [3.8, 4) is 6.07 Å². The fourth-order valence-electron chi connectivity index (χ4n) is 2.71. The van der Waals surface area contributed by atoms with Crippen LogP contribution < -0.4 is 0 Å². The Bertz CT molecular complexity index is 504. The smallest absolute Gasteiger partial charge is 0.344 e. The molecule has 1 aliphatic rings. The molecule has 2 heterocycles. The summed E-state index contributed by atoms with van der Waals surface area (Å²) in [6.45, 7) is 3.76. The van der Waals surface area contributed by atoms with Gasteiger partial charge in [0.15, 0.2) is 0 Å². The largest absolute Gasteiger partial charge is 0.401 e. The van der Waals surface area contributed by atoms with E-state index in [2.05, 4.69) is 19.9 Å². The van der Waals surface area contributed by atoms with E-state index in [1.165, 1.54) is 4.90 Å². The van der Waals surface area contributed by atoms with E-state index in [1.807, 2.05) is 23.0 Å². The minimum absolute atomic E-state index is 0.230. The SMILES string of the molecule is CC(C)c1ccn(C2(CC#N)CN(CC(F)(F)F)C2)c1. The van der Waals surface area contributed by atoms with Crippen molar-refractivity contribution in [1.29, 1.82) is 5.26 Å². The third kappa shape index (κ3) is 2.98. The maximum atomic E-state index is 12.4. The molecule has 0 radical (unpaired) electrons. The van der Waals surface area contributed by atoms with Gasteiger partial charge in [-0.1, -0.05) is 13.8 Å². The summed E-state index contributed by atoms with van der Waals surface area (Å²) in [6.07, 6.45) is -0.128. The molecular weight excluding hydrogens is 267 g/mol. The number of nitrogens with zero attached hydrogens (tertiary/aromatic N) is 3. The molecule has 2 rings (SSSR count). The molecule has 1 aromatic heterocycles. The Morgan fingerprint density at radius 3 is 2.50 bits per heavy atom. The first kappa shape index (κ1) is 14.9. The van der Waals surface area contributed by atoms with Gasteiger partial charge in [0.2, 0.25) is 0 Å². The summed E-state index contributed by atoms with van der Waals surface area (Å²) in [5, 5.41) is 8.96. The molecule has 0 spiro atoms. The van der Waals surface area contributed by atoms with Crippen LogP contribution >= 0.6 is 0 Å². The van der Waals surface area contributed by atoms with Gasteiger partial charge in [-0.15, -0.1) is 0 Å². The first-order valence-corrected chi connectivity index (χ1v) is 6.60. The molecule has 1 aliphatic heterocycles. The van der Waals surface area contributed by atoms with E-state index < -0.39 is 18.3 Å². The molecule has 1 saturated heterocycles. The quantitative estimate of drug-likeness (QED) is 0.851. The zero-order chi connectivity index (χ0) is 15.0. The average Bonchev–Trinajstić information content (AvgIpc) is 2.73. The van der Waals surface area contributed by atoms with Gasteiger partial charge >= 0.3 is 6.18 Å². The molecule has 0 bridgehead atoms. The van der Waals surface area contributed by atoms with E-state index in [0.29, 0.717) is 5.92 Å². The van der Waals surface area contributed by atoms with Gasteiger partial charge in [0.05, 0.1) is 24.6 Å². The molecular formula is C14H18F3N3. The van der Waals surface area contributed by atoms with Crippen molar-refractivity contribution in [3.63, 3.8) is 0 Å². The molecule has 0 N–H and O–H groups in total. The number of hydrogen-bond donors (Lipinski definition) is 0. The summed E-state index contributed by atoms with van der Waals surface area (Å²) in [4.78, 5) is 1.34. The lowest BCUT2D eigenvalue weighted by Gasteiger charge is -2.50. The standard InChI is InChI=1S/C14H18F3N3/c1-11(2)12-3-6-20(7-12)13(4-5-18)8-19(9-13)10-14(15,16)17/h3,6-7,11H,4,8-10H2,1-2H3. The monoisotopic (exact) mass is 285 g/mol. The molecule has 0 aliphatic carbocycles. The molecule has 3 nitrogen and oxygen atoms in total. The highest BCUT2D eigenvalue weighted by atomic mass is 19.4. The van der Waals surface area contributed by atoms with Gasteiger partial charge in [-0.05, 0) is 17.5 Å². The number of aromatic nitrogens is 1. The maximum absolute atomic E-state index is 12.4. The zero-order valence-corrected chi connectivity index (χ0v) is 11.6. The Hall–Kier alpha value is -1.48. The summed E-state index contributed by atoms with van der Waals surface area (Å²) in [6, 6.07) is 4.07. The van der Waals surface area contributed by atoms with Gasteiger partial charge in [0.25, 0.3) is 0 Å². The molecule has 6 heteroatoms. The van der Waals surface area contributed by atoms with Crippen molar-refractivity contribution in [2.24, 2.45) is 0 Å². The lowest BCUT2D eigenvalue weighted by Crippen LogP contribution is -2.63. The van der Waals surface area contributed by atoms with Crippen LogP contribution in [-0.4, -0.2) is 35.3 Å². The summed E-state index contributed by atoms with van der Waals surface area (Å²) in [5.74, 6) is 0.363. The normalized spacial score (nSPS) is 18.9. The van der Waals surface area contributed by atoms with E-state index in [1.54, 1.807) is 0 Å². The topological polar surface area (TPSA) is 32.0 Å². The van der Waals surface area contributed by atoms with Crippen LogP contribution in [0.3, 0.4) is 0 Å². The first-order chi connectivity index (χ1) is 9.26. The Balaban J connectivity index is 2.11. The van der Waals surface area contributed by atoms with Gasteiger partial charge in [-0.3, -0.25) is 4.90 Å². The number of likely N-dealkylation sites (tertiary alicyclic amines) is 1. The second-order valence-electron chi connectivity index (χ2n) is 5.83. The summed E-state index contributed by atoms with van der Waals surface area (Å²) >= 11 is 0. The summed E-state index contributed by atoms with van der Waals surface area (Å²) < 4.78 is 39.0. The predicted octanol–water partition coefficient (Wildman–Crippen LogP) is 3.10. The first-order valence-electron chi connectivity index (χ1n) is 6.60. The third-order valence-corrected chi connectivity index (χ3v) is 3.78. The number of alkyl halides is 3. The van der Waals surface area contributed by atoms with Crippen molar-refractivity contribution in [1.82, 2.24) is 9.47 Å². The van der Waals surface area contributed by atoms with Crippen LogP contribution in [0.1, 0.15) is 31.7 Å². The predicted molar refractivity (Wildman–Crippen MR) is 69.2 cm³/mol. The summed E-state index contributed by atoms with van der Waals surface area (Å²) in [5.41, 5.74) is 0.629. The Labute approximate surface area is 116 Å². The van der Waals surface area contributed by atoms with Crippen LogP contribution in [-0.2, 0) is 5.54 Å². The van der Waals surface area contributed by atoms with Crippen LogP contribution in [0.2, 0.25) is 0 Å². The number of hydrogen-bond acceptors (Lipinski definition) is 2. The van der Waals surface area contributed by atoms with Crippen molar-refractivity contribution >= 4 is 0 Å². The van der Waals surface area contributed by atoms with Gasteiger partial charge in [-0.2, -0.15) is 18.4 Å². The van der Waals surface area contributed by atoms with Crippen LogP contribution in [0.15, 0.2) is 18.5 Å². The number of nitriles is 1.